The zero-order valence-corrected chi connectivity index (χ0v) is 29.4. The summed E-state index contributed by atoms with van der Waals surface area (Å²) in [5.41, 5.74) is 5.13. The van der Waals surface area contributed by atoms with E-state index in [-0.39, 0.29) is 24.1 Å². The third-order valence-corrected chi connectivity index (χ3v) is 10.2. The van der Waals surface area contributed by atoms with E-state index in [1.165, 1.54) is 11.8 Å². The van der Waals surface area contributed by atoms with Crippen molar-refractivity contribution >= 4 is 40.6 Å². The molecule has 0 radical (unpaired) electrons. The van der Waals surface area contributed by atoms with Crippen molar-refractivity contribution in [3.63, 3.8) is 0 Å². The Balaban J connectivity index is 1.28. The van der Waals surface area contributed by atoms with Gasteiger partial charge in [0.15, 0.2) is 22.5 Å². The quantitative estimate of drug-likeness (QED) is 0.150. The first-order valence-corrected chi connectivity index (χ1v) is 17.4. The molecule has 0 aliphatic carbocycles. The van der Waals surface area contributed by atoms with Crippen LogP contribution in [0.4, 0.5) is 0 Å². The van der Waals surface area contributed by atoms with Gasteiger partial charge in [-0.05, 0) is 72.8 Å². The molecule has 6 rings (SSSR count). The van der Waals surface area contributed by atoms with E-state index in [1.54, 1.807) is 61.9 Å². The number of aromatic nitrogens is 3. The predicted molar refractivity (Wildman–Crippen MR) is 190 cm³/mol. The van der Waals surface area contributed by atoms with E-state index in [4.69, 9.17) is 19.3 Å². The standard InChI is InChI=1S/C36H36N6O5S2/c1-22-9-6-11-28(23(22)2)41-32(20-37-35(44)24-14-16-25(45-3)17-15-24)38-39-36(41)49-21-33(43)42-29(19-27(40-42)31-13-8-18-48-31)26-10-7-12-30(46-4)34(26)47-5/h6-18,29H,19-21H2,1-5H3,(H,37,44). The molecule has 3 heterocycles. The first-order valence-electron chi connectivity index (χ1n) is 15.5. The largest absolute Gasteiger partial charge is 0.497 e. The van der Waals surface area contributed by atoms with Crippen LogP contribution < -0.4 is 19.5 Å². The van der Waals surface area contributed by atoms with E-state index in [9.17, 15) is 9.59 Å². The second-order valence-corrected chi connectivity index (χ2v) is 13.1. The first kappa shape index (κ1) is 33.7. The number of hydrazone groups is 1. The highest BCUT2D eigenvalue weighted by atomic mass is 32.2. The summed E-state index contributed by atoms with van der Waals surface area (Å²) in [5.74, 6) is 1.94. The van der Waals surface area contributed by atoms with E-state index in [0.717, 1.165) is 33.0 Å². The van der Waals surface area contributed by atoms with Gasteiger partial charge in [0.1, 0.15) is 5.75 Å². The van der Waals surface area contributed by atoms with Gasteiger partial charge in [0.2, 0.25) is 0 Å². The van der Waals surface area contributed by atoms with E-state index < -0.39 is 6.04 Å². The van der Waals surface area contributed by atoms with Crippen molar-refractivity contribution in [3.05, 3.63) is 111 Å². The van der Waals surface area contributed by atoms with Gasteiger partial charge in [-0.3, -0.25) is 14.2 Å². The number of ether oxygens (including phenoxy) is 3. The maximum atomic E-state index is 14.1. The molecule has 0 spiro atoms. The van der Waals surface area contributed by atoms with Gasteiger partial charge >= 0.3 is 0 Å². The van der Waals surface area contributed by atoms with Crippen LogP contribution in [0.15, 0.2) is 88.4 Å². The van der Waals surface area contributed by atoms with Crippen LogP contribution in [0.3, 0.4) is 0 Å². The van der Waals surface area contributed by atoms with E-state index in [1.807, 2.05) is 72.3 Å². The lowest BCUT2D eigenvalue weighted by atomic mass is 9.99. The number of rotatable bonds is 12. The van der Waals surface area contributed by atoms with Crippen LogP contribution in [0, 0.1) is 13.8 Å². The average Bonchev–Trinajstić information content (AvgIpc) is 3.91. The molecule has 2 aromatic heterocycles. The number of carbonyl (C=O) groups excluding carboxylic acids is 2. The number of amides is 2. The van der Waals surface area contributed by atoms with Crippen molar-refractivity contribution < 1.29 is 23.8 Å². The number of hydrogen-bond acceptors (Lipinski definition) is 10. The van der Waals surface area contributed by atoms with E-state index >= 15 is 0 Å². The lowest BCUT2D eigenvalue weighted by molar-refractivity contribution is -0.130. The Labute approximate surface area is 292 Å². The fourth-order valence-electron chi connectivity index (χ4n) is 5.67. The summed E-state index contributed by atoms with van der Waals surface area (Å²) >= 11 is 2.85. The van der Waals surface area contributed by atoms with Crippen LogP contribution in [-0.4, -0.2) is 64.4 Å². The van der Waals surface area contributed by atoms with Crippen LogP contribution in [0.25, 0.3) is 5.69 Å². The van der Waals surface area contributed by atoms with Crippen molar-refractivity contribution in [2.75, 3.05) is 27.1 Å². The number of aryl methyl sites for hydroxylation is 1. The summed E-state index contributed by atoms with van der Waals surface area (Å²) in [4.78, 5) is 28.1. The van der Waals surface area contributed by atoms with Gasteiger partial charge in [-0.15, -0.1) is 21.5 Å². The molecule has 5 aromatic rings. The Morgan fingerprint density at radius 1 is 0.939 bits per heavy atom. The number of thiophene rings is 1. The highest BCUT2D eigenvalue weighted by Gasteiger charge is 2.36. The number of nitrogens with one attached hydrogen (secondary N) is 1. The number of methoxy groups -OCH3 is 3. The van der Waals surface area contributed by atoms with Crippen LogP contribution in [0.5, 0.6) is 17.2 Å². The Morgan fingerprint density at radius 3 is 2.45 bits per heavy atom. The summed E-state index contributed by atoms with van der Waals surface area (Å²) in [6, 6.07) is 22.1. The number of hydrogen-bond donors (Lipinski definition) is 1. The number of nitrogens with zero attached hydrogens (tertiary/aromatic N) is 5. The van der Waals surface area contributed by atoms with Crippen molar-refractivity contribution in [2.45, 2.75) is 38.0 Å². The minimum Gasteiger partial charge on any atom is -0.497 e. The zero-order chi connectivity index (χ0) is 34.5. The van der Waals surface area contributed by atoms with Crippen molar-refractivity contribution in [1.82, 2.24) is 25.1 Å². The molecule has 49 heavy (non-hydrogen) atoms. The van der Waals surface area contributed by atoms with Crippen LogP contribution >= 0.6 is 23.1 Å². The minimum atomic E-state index is -0.393. The fraction of sp³-hybridized carbons (Fsp3) is 0.250. The summed E-state index contributed by atoms with van der Waals surface area (Å²) < 4.78 is 18.4. The number of benzene rings is 3. The van der Waals surface area contributed by atoms with Crippen molar-refractivity contribution in [2.24, 2.45) is 5.10 Å². The van der Waals surface area contributed by atoms with Crippen molar-refractivity contribution in [1.29, 1.82) is 0 Å². The van der Waals surface area contributed by atoms with Gasteiger partial charge in [0.25, 0.3) is 11.8 Å². The maximum Gasteiger partial charge on any atom is 0.253 e. The van der Waals surface area contributed by atoms with Crippen LogP contribution in [0.2, 0.25) is 0 Å². The molecule has 3 aromatic carbocycles. The normalized spacial score (nSPS) is 14.0. The van der Waals surface area contributed by atoms with E-state index in [0.29, 0.717) is 40.2 Å². The zero-order valence-electron chi connectivity index (χ0n) is 27.8. The topological polar surface area (TPSA) is 120 Å². The average molecular weight is 697 g/mol. The highest BCUT2D eigenvalue weighted by Crippen LogP contribution is 2.42. The van der Waals surface area contributed by atoms with E-state index in [2.05, 4.69) is 15.5 Å². The lowest BCUT2D eigenvalue weighted by Gasteiger charge is -2.24. The number of carbonyl (C=O) groups is 2. The summed E-state index contributed by atoms with van der Waals surface area (Å²) in [5, 5.41) is 20.8. The van der Waals surface area contributed by atoms with Gasteiger partial charge in [0, 0.05) is 17.5 Å². The molecule has 0 fully saturated rings. The Hall–Kier alpha value is -5.14. The molecule has 252 valence electrons. The summed E-state index contributed by atoms with van der Waals surface area (Å²) in [6.07, 6.45) is 0.525. The molecule has 11 nitrogen and oxygen atoms in total. The number of para-hydroxylation sites is 1. The Bertz CT molecular complexity index is 1990. The fourth-order valence-corrected chi connectivity index (χ4v) is 7.21. The highest BCUT2D eigenvalue weighted by molar-refractivity contribution is 7.99. The molecule has 0 bridgehead atoms. The molecule has 1 atom stereocenters. The Morgan fingerprint density at radius 2 is 1.73 bits per heavy atom. The maximum absolute atomic E-state index is 14.1. The molecule has 0 saturated heterocycles. The van der Waals surface area contributed by atoms with Gasteiger partial charge in [-0.25, -0.2) is 5.01 Å². The first-order chi connectivity index (χ1) is 23.8. The third kappa shape index (κ3) is 7.03. The Kier molecular flexibility index (Phi) is 10.3. The third-order valence-electron chi connectivity index (χ3n) is 8.37. The van der Waals surface area contributed by atoms with Gasteiger partial charge < -0.3 is 19.5 Å². The molecule has 0 saturated carbocycles. The molecule has 1 unspecified atom stereocenters. The molecule has 13 heteroatoms. The smallest absolute Gasteiger partial charge is 0.253 e. The molecule has 1 N–H and O–H groups in total. The van der Waals surface area contributed by atoms with Gasteiger partial charge in [-0.2, -0.15) is 5.10 Å². The van der Waals surface area contributed by atoms with Gasteiger partial charge in [-0.1, -0.05) is 42.1 Å². The van der Waals surface area contributed by atoms with Crippen LogP contribution in [0.1, 0.15) is 50.2 Å². The summed E-state index contributed by atoms with van der Waals surface area (Å²) in [7, 11) is 4.76. The molecule has 1 aliphatic rings. The molecule has 1 aliphatic heterocycles. The second kappa shape index (κ2) is 15.0. The lowest BCUT2D eigenvalue weighted by Crippen LogP contribution is -2.29. The second-order valence-electron chi connectivity index (χ2n) is 11.2. The SMILES string of the molecule is COc1ccc(C(=O)NCc2nnc(SCC(=O)N3N=C(c4cccs4)CC3c3cccc(OC)c3OC)n2-c2cccc(C)c2C)cc1. The predicted octanol–water partition coefficient (Wildman–Crippen LogP) is 6.37. The van der Waals surface area contributed by atoms with Gasteiger partial charge in [0.05, 0.1) is 55.9 Å². The molecular weight excluding hydrogens is 661 g/mol. The van der Waals surface area contributed by atoms with Crippen LogP contribution in [-0.2, 0) is 11.3 Å². The minimum absolute atomic E-state index is 0.0468. The van der Waals surface area contributed by atoms with Crippen molar-refractivity contribution in [3.8, 4) is 22.9 Å². The molecular formula is C36H36N6O5S2. The monoisotopic (exact) mass is 696 g/mol. The molecule has 2 amide bonds. The summed E-state index contributed by atoms with van der Waals surface area (Å²) in [6.45, 7) is 4.19. The number of thioether (sulfide) groups is 1.